The van der Waals surface area contributed by atoms with E-state index in [-0.39, 0.29) is 18.8 Å². The number of nitrogens with zero attached hydrogens (tertiary/aromatic N) is 2. The first-order valence-corrected chi connectivity index (χ1v) is 5.71. The van der Waals surface area contributed by atoms with Crippen LogP contribution in [0.2, 0.25) is 0 Å². The predicted molar refractivity (Wildman–Crippen MR) is 60.7 cm³/mol. The Labute approximate surface area is 107 Å². The Balaban J connectivity index is 2.00. The molecule has 0 bridgehead atoms. The highest BCUT2D eigenvalue weighted by Gasteiger charge is 2.48. The molecule has 19 heavy (non-hydrogen) atoms. The molecule has 5 nitrogen and oxygen atoms in total. The maximum atomic E-state index is 12.3. The zero-order chi connectivity index (χ0) is 14.4. The summed E-state index contributed by atoms with van der Waals surface area (Å²) in [5.74, 6) is -0.447. The van der Waals surface area contributed by atoms with E-state index in [0.717, 1.165) is 0 Å². The number of H-pyrrole nitrogens is 1. The highest BCUT2D eigenvalue weighted by atomic mass is 19.4. The topological polar surface area (TPSA) is 58.1 Å². The van der Waals surface area contributed by atoms with E-state index >= 15 is 0 Å². The maximum absolute atomic E-state index is 12.3. The van der Waals surface area contributed by atoms with Gasteiger partial charge in [-0.15, -0.1) is 0 Å². The first kappa shape index (κ1) is 13.7. The molecule has 2 rings (SSSR count). The molecule has 0 unspecified atom stereocenters. The van der Waals surface area contributed by atoms with Crippen LogP contribution < -0.4 is 5.69 Å². The summed E-state index contributed by atoms with van der Waals surface area (Å²) in [4.78, 5) is 26.7. The van der Waals surface area contributed by atoms with Crippen molar-refractivity contribution in [3.05, 3.63) is 22.4 Å². The van der Waals surface area contributed by atoms with Gasteiger partial charge in [0.25, 0.3) is 5.91 Å². The van der Waals surface area contributed by atoms with Crippen LogP contribution in [-0.4, -0.2) is 39.6 Å². The molecule has 8 heteroatoms. The van der Waals surface area contributed by atoms with Gasteiger partial charge in [-0.3, -0.25) is 4.79 Å². The minimum absolute atomic E-state index is 0.0439. The predicted octanol–water partition coefficient (Wildman–Crippen LogP) is 1.13. The summed E-state index contributed by atoms with van der Waals surface area (Å²) in [5.41, 5.74) is -1.26. The Hall–Kier alpha value is -1.73. The Bertz CT molecular complexity index is 552. The minimum Gasteiger partial charge on any atom is -0.336 e. The number of hydrogen-bond acceptors (Lipinski definition) is 2. The van der Waals surface area contributed by atoms with Crippen LogP contribution in [0.4, 0.5) is 13.2 Å². The third kappa shape index (κ3) is 2.82. The maximum Gasteiger partial charge on any atom is 0.389 e. The minimum atomic E-state index is -4.23. The average molecular weight is 277 g/mol. The van der Waals surface area contributed by atoms with Crippen LogP contribution in [-0.2, 0) is 7.05 Å². The second-order valence-electron chi connectivity index (χ2n) is 5.35. The monoisotopic (exact) mass is 277 g/mol. The number of carbonyl (C=O) groups is 1. The molecule has 106 valence electrons. The summed E-state index contributed by atoms with van der Waals surface area (Å²) >= 11 is 0. The van der Waals surface area contributed by atoms with Crippen molar-refractivity contribution in [2.24, 2.45) is 12.5 Å². The second-order valence-corrected chi connectivity index (χ2v) is 5.35. The summed E-state index contributed by atoms with van der Waals surface area (Å²) in [6.45, 7) is 1.59. The molecule has 1 N–H and O–H groups in total. The molecule has 0 aromatic carbocycles. The standard InChI is InChI=1S/C11H14F3N3O2/c1-10(4-11(12,13)14)5-17(6-10)8(18)7-3-16(2)9(19)15-7/h3H,4-6H2,1-2H3,(H,15,19). The number of alkyl halides is 3. The van der Waals surface area contributed by atoms with Gasteiger partial charge in [0.1, 0.15) is 5.69 Å². The lowest BCUT2D eigenvalue weighted by atomic mass is 9.78. The number of aryl methyl sites for hydroxylation is 1. The van der Waals surface area contributed by atoms with Crippen molar-refractivity contribution in [1.29, 1.82) is 0 Å². The van der Waals surface area contributed by atoms with Gasteiger partial charge in [0.05, 0.1) is 6.42 Å². The van der Waals surface area contributed by atoms with Gasteiger partial charge in [-0.2, -0.15) is 13.2 Å². The SMILES string of the molecule is Cn1cc(C(=O)N2CC(C)(CC(F)(F)F)C2)[nH]c1=O. The molecule has 0 radical (unpaired) electrons. The number of halogens is 3. The lowest BCUT2D eigenvalue weighted by Gasteiger charge is -2.48. The van der Waals surface area contributed by atoms with Gasteiger partial charge >= 0.3 is 11.9 Å². The van der Waals surface area contributed by atoms with Gasteiger partial charge in [-0.05, 0) is 0 Å². The highest BCUT2D eigenvalue weighted by molar-refractivity contribution is 5.92. The third-order valence-electron chi connectivity index (χ3n) is 3.17. The fourth-order valence-corrected chi connectivity index (χ4v) is 2.38. The Kier molecular flexibility index (Phi) is 2.98. The highest BCUT2D eigenvalue weighted by Crippen LogP contribution is 2.40. The van der Waals surface area contributed by atoms with Gasteiger partial charge in [0.2, 0.25) is 0 Å². The molecule has 1 aromatic heterocycles. The van der Waals surface area contributed by atoms with Crippen molar-refractivity contribution in [1.82, 2.24) is 14.5 Å². The number of hydrogen-bond donors (Lipinski definition) is 1. The Morgan fingerprint density at radius 3 is 2.47 bits per heavy atom. The summed E-state index contributed by atoms with van der Waals surface area (Å²) in [6.07, 6.45) is -3.80. The van der Waals surface area contributed by atoms with E-state index in [9.17, 15) is 22.8 Å². The van der Waals surface area contributed by atoms with Gasteiger partial charge in [0.15, 0.2) is 0 Å². The molecule has 0 saturated carbocycles. The molecule has 1 fully saturated rings. The number of carbonyl (C=O) groups excluding carboxylic acids is 1. The largest absolute Gasteiger partial charge is 0.389 e. The first-order chi connectivity index (χ1) is 8.60. The lowest BCUT2D eigenvalue weighted by molar-refractivity contribution is -0.172. The Morgan fingerprint density at radius 2 is 2.05 bits per heavy atom. The van der Waals surface area contributed by atoms with Crippen LogP contribution in [0, 0.1) is 5.41 Å². The summed E-state index contributed by atoms with van der Waals surface area (Å²) in [6, 6.07) is 0. The smallest absolute Gasteiger partial charge is 0.336 e. The van der Waals surface area contributed by atoms with E-state index < -0.39 is 29.6 Å². The molecular weight excluding hydrogens is 263 g/mol. The molecule has 0 spiro atoms. The van der Waals surface area contributed by atoms with E-state index in [1.54, 1.807) is 0 Å². The van der Waals surface area contributed by atoms with Gasteiger partial charge in [-0.1, -0.05) is 6.92 Å². The molecule has 1 amide bonds. The number of amides is 1. The van der Waals surface area contributed by atoms with Crippen molar-refractivity contribution in [2.45, 2.75) is 19.5 Å². The zero-order valence-corrected chi connectivity index (χ0v) is 10.5. The number of likely N-dealkylation sites (tertiary alicyclic amines) is 1. The van der Waals surface area contributed by atoms with E-state index in [0.29, 0.717) is 0 Å². The number of nitrogens with one attached hydrogen (secondary N) is 1. The fraction of sp³-hybridized carbons (Fsp3) is 0.636. The summed E-state index contributed by atoms with van der Waals surface area (Å²) in [7, 11) is 1.49. The number of aromatic amines is 1. The quantitative estimate of drug-likeness (QED) is 0.881. The van der Waals surface area contributed by atoms with Crippen molar-refractivity contribution in [3.8, 4) is 0 Å². The van der Waals surface area contributed by atoms with Gasteiger partial charge in [0, 0.05) is 31.7 Å². The first-order valence-electron chi connectivity index (χ1n) is 5.71. The van der Waals surface area contributed by atoms with Gasteiger partial charge in [-0.25, -0.2) is 4.79 Å². The summed E-state index contributed by atoms with van der Waals surface area (Å²) in [5, 5.41) is 0. The Morgan fingerprint density at radius 1 is 1.47 bits per heavy atom. The third-order valence-corrected chi connectivity index (χ3v) is 3.17. The molecule has 1 saturated heterocycles. The molecular formula is C11H14F3N3O2. The van der Waals surface area contributed by atoms with Crippen LogP contribution in [0.25, 0.3) is 0 Å². The van der Waals surface area contributed by atoms with Crippen molar-refractivity contribution < 1.29 is 18.0 Å². The van der Waals surface area contributed by atoms with Crippen molar-refractivity contribution in [2.75, 3.05) is 13.1 Å². The number of imidazole rings is 1. The molecule has 0 aliphatic carbocycles. The number of rotatable bonds is 2. The summed E-state index contributed by atoms with van der Waals surface area (Å²) < 4.78 is 38.2. The van der Waals surface area contributed by atoms with E-state index in [4.69, 9.17) is 0 Å². The lowest BCUT2D eigenvalue weighted by Crippen LogP contribution is -2.58. The second kappa shape index (κ2) is 4.14. The fourth-order valence-electron chi connectivity index (χ4n) is 2.38. The van der Waals surface area contributed by atoms with Crippen LogP contribution in [0.5, 0.6) is 0 Å². The molecule has 1 aliphatic rings. The average Bonchev–Trinajstić information content (AvgIpc) is 2.52. The molecule has 1 aliphatic heterocycles. The van der Waals surface area contributed by atoms with E-state index in [1.165, 1.54) is 29.6 Å². The number of aromatic nitrogens is 2. The van der Waals surface area contributed by atoms with E-state index in [1.807, 2.05) is 0 Å². The molecule has 0 atom stereocenters. The normalized spacial score (nSPS) is 18.3. The van der Waals surface area contributed by atoms with E-state index in [2.05, 4.69) is 4.98 Å². The van der Waals surface area contributed by atoms with Crippen molar-refractivity contribution >= 4 is 5.91 Å². The van der Waals surface area contributed by atoms with Crippen LogP contribution in [0.15, 0.2) is 11.0 Å². The van der Waals surface area contributed by atoms with Crippen LogP contribution in [0.3, 0.4) is 0 Å². The van der Waals surface area contributed by atoms with Crippen molar-refractivity contribution in [3.63, 3.8) is 0 Å². The zero-order valence-electron chi connectivity index (χ0n) is 10.5. The molecule has 2 heterocycles. The molecule has 1 aromatic rings. The van der Waals surface area contributed by atoms with Crippen LogP contribution in [0.1, 0.15) is 23.8 Å². The van der Waals surface area contributed by atoms with Crippen LogP contribution >= 0.6 is 0 Å². The van der Waals surface area contributed by atoms with Gasteiger partial charge < -0.3 is 14.5 Å².